The van der Waals surface area contributed by atoms with Crippen molar-refractivity contribution in [2.45, 2.75) is 6.42 Å². The Morgan fingerprint density at radius 2 is 2.42 bits per heavy atom. The lowest BCUT2D eigenvalue weighted by molar-refractivity contribution is -0.385. The van der Waals surface area contributed by atoms with E-state index in [2.05, 4.69) is 5.32 Å². The first-order valence-corrected chi connectivity index (χ1v) is 5.95. The summed E-state index contributed by atoms with van der Waals surface area (Å²) in [7, 11) is 1.31. The van der Waals surface area contributed by atoms with Crippen LogP contribution in [0.1, 0.15) is 6.42 Å². The Labute approximate surface area is 109 Å². The molecule has 0 aromatic heterocycles. The second-order valence-electron chi connectivity index (χ2n) is 4.37. The highest BCUT2D eigenvalue weighted by molar-refractivity contribution is 5.59. The lowest BCUT2D eigenvalue weighted by atomic mass is 10.1. The minimum atomic E-state index is -0.670. The van der Waals surface area contributed by atoms with Gasteiger partial charge in [-0.1, -0.05) is 0 Å². The van der Waals surface area contributed by atoms with E-state index < -0.39 is 10.7 Å². The van der Waals surface area contributed by atoms with E-state index in [1.807, 2.05) is 0 Å². The van der Waals surface area contributed by atoms with Gasteiger partial charge in [0.2, 0.25) is 0 Å². The molecule has 0 amide bonds. The molecule has 1 atom stereocenters. The molecule has 1 aliphatic rings. The molecule has 1 unspecified atom stereocenters. The Kier molecular flexibility index (Phi) is 4.16. The van der Waals surface area contributed by atoms with Crippen molar-refractivity contribution in [2.75, 3.05) is 32.2 Å². The monoisotopic (exact) mass is 270 g/mol. The Morgan fingerprint density at radius 1 is 1.63 bits per heavy atom. The van der Waals surface area contributed by atoms with Crippen molar-refractivity contribution in [1.82, 2.24) is 0 Å². The summed E-state index contributed by atoms with van der Waals surface area (Å²) in [5.41, 5.74) is -0.177. The van der Waals surface area contributed by atoms with Crippen LogP contribution >= 0.6 is 0 Å². The van der Waals surface area contributed by atoms with E-state index in [0.29, 0.717) is 19.1 Å². The van der Waals surface area contributed by atoms with Gasteiger partial charge in [-0.25, -0.2) is 4.39 Å². The molecular formula is C12H15FN2O4. The van der Waals surface area contributed by atoms with E-state index in [1.165, 1.54) is 13.2 Å². The van der Waals surface area contributed by atoms with Crippen molar-refractivity contribution in [3.63, 3.8) is 0 Å². The van der Waals surface area contributed by atoms with Gasteiger partial charge in [0.05, 0.1) is 30.4 Å². The Balaban J connectivity index is 2.13. The van der Waals surface area contributed by atoms with Gasteiger partial charge in [0.1, 0.15) is 0 Å². The third kappa shape index (κ3) is 3.11. The topological polar surface area (TPSA) is 73.6 Å². The number of benzene rings is 1. The summed E-state index contributed by atoms with van der Waals surface area (Å²) in [5.74, 6) is -0.288. The second-order valence-corrected chi connectivity index (χ2v) is 4.37. The lowest BCUT2D eigenvalue weighted by Crippen LogP contribution is -2.15. The lowest BCUT2D eigenvalue weighted by Gasteiger charge is -2.12. The van der Waals surface area contributed by atoms with Gasteiger partial charge in [-0.15, -0.1) is 0 Å². The third-order valence-corrected chi connectivity index (χ3v) is 3.07. The third-order valence-electron chi connectivity index (χ3n) is 3.07. The molecule has 7 heteroatoms. The number of hydrogen-bond acceptors (Lipinski definition) is 5. The Hall–Kier alpha value is -1.89. The molecule has 1 heterocycles. The number of nitrogens with zero attached hydrogens (tertiary/aromatic N) is 1. The average Bonchev–Trinajstić information content (AvgIpc) is 2.90. The fraction of sp³-hybridized carbons (Fsp3) is 0.500. The zero-order chi connectivity index (χ0) is 13.8. The predicted octanol–water partition coefficient (Wildman–Crippen LogP) is 2.19. The average molecular weight is 270 g/mol. The molecule has 0 radical (unpaired) electrons. The van der Waals surface area contributed by atoms with E-state index >= 15 is 0 Å². The van der Waals surface area contributed by atoms with Crippen LogP contribution in [0.25, 0.3) is 0 Å². The molecule has 1 N–H and O–H groups in total. The number of ether oxygens (including phenoxy) is 2. The van der Waals surface area contributed by atoms with Crippen LogP contribution in [0.2, 0.25) is 0 Å². The minimum Gasteiger partial charge on any atom is -0.490 e. The number of methoxy groups -OCH3 is 1. The highest BCUT2D eigenvalue weighted by Gasteiger charge is 2.20. The molecule has 1 aliphatic heterocycles. The summed E-state index contributed by atoms with van der Waals surface area (Å²) in [6.07, 6.45) is 0.929. The molecule has 1 fully saturated rings. The number of nitro groups is 1. The van der Waals surface area contributed by atoms with Gasteiger partial charge in [0.25, 0.3) is 0 Å². The van der Waals surface area contributed by atoms with Crippen LogP contribution in [0, 0.1) is 21.8 Å². The van der Waals surface area contributed by atoms with Gasteiger partial charge in [0.15, 0.2) is 11.6 Å². The van der Waals surface area contributed by atoms with Crippen LogP contribution in [0.5, 0.6) is 5.75 Å². The van der Waals surface area contributed by atoms with Crippen LogP contribution in [0.4, 0.5) is 15.8 Å². The first-order chi connectivity index (χ1) is 9.11. The summed E-state index contributed by atoms with van der Waals surface area (Å²) in [6.45, 7) is 1.94. The highest BCUT2D eigenvalue weighted by atomic mass is 19.1. The Bertz CT molecular complexity index is 475. The van der Waals surface area contributed by atoms with Gasteiger partial charge in [-0.3, -0.25) is 10.1 Å². The quantitative estimate of drug-likeness (QED) is 0.655. The van der Waals surface area contributed by atoms with Gasteiger partial charge >= 0.3 is 5.69 Å². The van der Waals surface area contributed by atoms with Gasteiger partial charge in [0, 0.05) is 25.1 Å². The molecule has 1 aromatic carbocycles. The van der Waals surface area contributed by atoms with Crippen molar-refractivity contribution in [3.05, 3.63) is 28.1 Å². The number of rotatable bonds is 5. The number of anilines is 1. The second kappa shape index (κ2) is 5.83. The first kappa shape index (κ1) is 13.5. The minimum absolute atomic E-state index is 0.0385. The summed E-state index contributed by atoms with van der Waals surface area (Å²) >= 11 is 0. The van der Waals surface area contributed by atoms with Crippen LogP contribution in [0.3, 0.4) is 0 Å². The first-order valence-electron chi connectivity index (χ1n) is 5.95. The van der Waals surface area contributed by atoms with Crippen LogP contribution in [-0.2, 0) is 4.74 Å². The summed E-state index contributed by atoms with van der Waals surface area (Å²) in [5, 5.41) is 13.7. The standard InChI is InChI=1S/C12H15FN2O4/c1-18-12-5-10(9(13)4-11(12)15(16)17)14-6-8-2-3-19-7-8/h4-5,8,14H,2-3,6-7H2,1H3. The van der Waals surface area contributed by atoms with Crippen molar-refractivity contribution in [3.8, 4) is 5.75 Å². The van der Waals surface area contributed by atoms with Crippen molar-refractivity contribution in [1.29, 1.82) is 0 Å². The van der Waals surface area contributed by atoms with E-state index in [1.54, 1.807) is 0 Å². The predicted molar refractivity (Wildman–Crippen MR) is 67.0 cm³/mol. The molecule has 1 aromatic rings. The number of nitrogens with one attached hydrogen (secondary N) is 1. The number of hydrogen-bond donors (Lipinski definition) is 1. The molecule has 0 bridgehead atoms. The zero-order valence-corrected chi connectivity index (χ0v) is 10.5. The van der Waals surface area contributed by atoms with Crippen molar-refractivity contribution in [2.24, 2.45) is 5.92 Å². The van der Waals surface area contributed by atoms with Crippen LogP contribution in [-0.4, -0.2) is 31.8 Å². The molecule has 1 saturated heterocycles. The highest BCUT2D eigenvalue weighted by Crippen LogP contribution is 2.32. The van der Waals surface area contributed by atoms with Crippen LogP contribution in [0.15, 0.2) is 12.1 Å². The molecule has 0 aliphatic carbocycles. The normalized spacial score (nSPS) is 18.3. The van der Waals surface area contributed by atoms with E-state index in [9.17, 15) is 14.5 Å². The zero-order valence-electron chi connectivity index (χ0n) is 10.5. The maximum atomic E-state index is 13.7. The van der Waals surface area contributed by atoms with Gasteiger partial charge < -0.3 is 14.8 Å². The maximum Gasteiger partial charge on any atom is 0.313 e. The number of nitro benzene ring substituents is 1. The number of halogens is 1. The molecule has 19 heavy (non-hydrogen) atoms. The molecular weight excluding hydrogens is 255 g/mol. The van der Waals surface area contributed by atoms with E-state index in [0.717, 1.165) is 19.1 Å². The fourth-order valence-corrected chi connectivity index (χ4v) is 1.98. The summed E-state index contributed by atoms with van der Waals surface area (Å²) in [4.78, 5) is 10.1. The molecule has 0 spiro atoms. The Morgan fingerprint density at radius 3 is 3.00 bits per heavy atom. The maximum absolute atomic E-state index is 13.7. The van der Waals surface area contributed by atoms with Crippen molar-refractivity contribution >= 4 is 11.4 Å². The fourth-order valence-electron chi connectivity index (χ4n) is 1.98. The van der Waals surface area contributed by atoms with Crippen molar-refractivity contribution < 1.29 is 18.8 Å². The molecule has 2 rings (SSSR count). The molecule has 6 nitrogen and oxygen atoms in total. The summed E-state index contributed by atoms with van der Waals surface area (Å²) < 4.78 is 23.9. The van der Waals surface area contributed by atoms with Gasteiger partial charge in [-0.2, -0.15) is 0 Å². The SMILES string of the molecule is COc1cc(NCC2CCOC2)c(F)cc1[N+](=O)[O-]. The summed E-state index contributed by atoms with van der Waals surface area (Å²) in [6, 6.07) is 2.18. The van der Waals surface area contributed by atoms with E-state index in [4.69, 9.17) is 9.47 Å². The van der Waals surface area contributed by atoms with E-state index in [-0.39, 0.29) is 17.1 Å². The molecule has 0 saturated carbocycles. The smallest absolute Gasteiger partial charge is 0.313 e. The molecule has 104 valence electrons. The van der Waals surface area contributed by atoms with Crippen LogP contribution < -0.4 is 10.1 Å². The largest absolute Gasteiger partial charge is 0.490 e. The van der Waals surface area contributed by atoms with Gasteiger partial charge in [-0.05, 0) is 6.42 Å².